The lowest BCUT2D eigenvalue weighted by molar-refractivity contribution is -0.131. The molecule has 1 aromatic heterocycles. The molecule has 2 amide bonds. The van der Waals surface area contributed by atoms with Crippen LogP contribution in [0.15, 0.2) is 36.9 Å². The summed E-state index contributed by atoms with van der Waals surface area (Å²) in [4.78, 5) is 30.6. The average Bonchev–Trinajstić information content (AvgIpc) is 3.22. The molecule has 0 radical (unpaired) electrons. The van der Waals surface area contributed by atoms with Crippen molar-refractivity contribution < 1.29 is 14.3 Å². The molecule has 27 heavy (non-hydrogen) atoms. The van der Waals surface area contributed by atoms with Crippen molar-refractivity contribution in [3.05, 3.63) is 42.5 Å². The number of rotatable bonds is 6. The topological polar surface area (TPSA) is 89.4 Å². The van der Waals surface area contributed by atoms with E-state index in [4.69, 9.17) is 4.74 Å². The van der Waals surface area contributed by atoms with Crippen molar-refractivity contribution >= 4 is 11.8 Å². The van der Waals surface area contributed by atoms with Gasteiger partial charge in [0.15, 0.2) is 0 Å². The van der Waals surface area contributed by atoms with Crippen LogP contribution in [0.1, 0.15) is 31.4 Å². The number of carbonyl (C=O) groups is 2. The molecule has 0 aliphatic carbocycles. The molecular formula is C19H25N5O3. The summed E-state index contributed by atoms with van der Waals surface area (Å²) in [5.41, 5.74) is 0.941. The van der Waals surface area contributed by atoms with E-state index >= 15 is 0 Å². The number of nitrogens with one attached hydrogen (secondary N) is 1. The first-order chi connectivity index (χ1) is 13.1. The molecule has 0 bridgehead atoms. The monoisotopic (exact) mass is 371 g/mol. The zero-order chi connectivity index (χ0) is 19.2. The number of benzene rings is 1. The Bertz CT molecular complexity index is 769. The number of aromatic nitrogens is 3. The van der Waals surface area contributed by atoms with Crippen LogP contribution in [0.3, 0.4) is 0 Å². The Morgan fingerprint density at radius 1 is 1.33 bits per heavy atom. The number of nitrogens with zero attached hydrogens (tertiary/aromatic N) is 4. The molecule has 8 nitrogen and oxygen atoms in total. The number of piperidine rings is 1. The molecule has 1 aliphatic rings. The van der Waals surface area contributed by atoms with Crippen LogP contribution in [0, 0.1) is 0 Å². The number of hydrogen-bond donors (Lipinski definition) is 1. The molecular weight excluding hydrogens is 346 g/mol. The Morgan fingerprint density at radius 3 is 2.78 bits per heavy atom. The Hall–Kier alpha value is -2.90. The van der Waals surface area contributed by atoms with Gasteiger partial charge in [-0.05, 0) is 37.5 Å². The minimum atomic E-state index is -0.403. The highest BCUT2D eigenvalue weighted by Crippen LogP contribution is 2.16. The number of amides is 2. The Balaban J connectivity index is 1.46. The lowest BCUT2D eigenvalue weighted by atomic mass is 10.0. The molecule has 1 saturated heterocycles. The molecule has 0 saturated carbocycles. The van der Waals surface area contributed by atoms with Crippen molar-refractivity contribution in [3.63, 3.8) is 0 Å². The van der Waals surface area contributed by atoms with Crippen molar-refractivity contribution in [1.29, 1.82) is 0 Å². The van der Waals surface area contributed by atoms with Crippen LogP contribution in [-0.4, -0.2) is 57.7 Å². The standard InChI is InChI=1S/C19H25N5O3/c1-14(24-13-20-12-21-24)19(26)22-16-6-8-23(9-7-16)18(25)11-15-4-3-5-17(10-15)27-2/h3-5,10,12-14,16H,6-9,11H2,1-2H3,(H,22,26). The predicted molar refractivity (Wildman–Crippen MR) is 99.2 cm³/mol. The molecule has 1 N–H and O–H groups in total. The molecule has 2 aromatic rings. The third kappa shape index (κ3) is 4.84. The first-order valence-corrected chi connectivity index (χ1v) is 9.12. The first kappa shape index (κ1) is 18.9. The molecule has 1 unspecified atom stereocenters. The Labute approximate surface area is 158 Å². The molecule has 2 heterocycles. The molecule has 1 atom stereocenters. The van der Waals surface area contributed by atoms with Gasteiger partial charge in [-0.1, -0.05) is 12.1 Å². The summed E-state index contributed by atoms with van der Waals surface area (Å²) < 4.78 is 6.73. The predicted octanol–water partition coefficient (Wildman–Crippen LogP) is 1.20. The van der Waals surface area contributed by atoms with Crippen molar-refractivity contribution in [2.24, 2.45) is 0 Å². The average molecular weight is 371 g/mol. The summed E-state index contributed by atoms with van der Waals surface area (Å²) in [5, 5.41) is 7.05. The Morgan fingerprint density at radius 2 is 2.11 bits per heavy atom. The van der Waals surface area contributed by atoms with Crippen LogP contribution in [0.25, 0.3) is 0 Å². The number of methoxy groups -OCH3 is 1. The van der Waals surface area contributed by atoms with Crippen molar-refractivity contribution in [2.45, 2.75) is 38.3 Å². The number of carbonyl (C=O) groups excluding carboxylic acids is 2. The van der Waals surface area contributed by atoms with Gasteiger partial charge < -0.3 is 15.0 Å². The summed E-state index contributed by atoms with van der Waals surface area (Å²) in [5.74, 6) is 0.772. The maximum atomic E-state index is 12.5. The van der Waals surface area contributed by atoms with E-state index in [1.165, 1.54) is 17.3 Å². The van der Waals surface area contributed by atoms with Gasteiger partial charge in [0.1, 0.15) is 24.4 Å². The van der Waals surface area contributed by atoms with E-state index in [-0.39, 0.29) is 17.9 Å². The lowest BCUT2D eigenvalue weighted by Crippen LogP contribution is -2.48. The summed E-state index contributed by atoms with van der Waals surface area (Å²) in [6.45, 7) is 3.08. The van der Waals surface area contributed by atoms with E-state index in [1.54, 1.807) is 14.0 Å². The lowest BCUT2D eigenvalue weighted by Gasteiger charge is -2.33. The maximum Gasteiger partial charge on any atom is 0.244 e. The van der Waals surface area contributed by atoms with Crippen LogP contribution in [0.5, 0.6) is 5.75 Å². The zero-order valence-electron chi connectivity index (χ0n) is 15.7. The van der Waals surface area contributed by atoms with Crippen LogP contribution in [0.2, 0.25) is 0 Å². The second-order valence-electron chi connectivity index (χ2n) is 6.74. The summed E-state index contributed by atoms with van der Waals surface area (Å²) in [7, 11) is 1.61. The normalized spacial score (nSPS) is 16.0. The summed E-state index contributed by atoms with van der Waals surface area (Å²) >= 11 is 0. The second-order valence-corrected chi connectivity index (χ2v) is 6.74. The van der Waals surface area contributed by atoms with Gasteiger partial charge in [-0.25, -0.2) is 9.67 Å². The molecule has 1 fully saturated rings. The van der Waals surface area contributed by atoms with Gasteiger partial charge in [-0.15, -0.1) is 0 Å². The highest BCUT2D eigenvalue weighted by atomic mass is 16.5. The first-order valence-electron chi connectivity index (χ1n) is 9.12. The summed E-state index contributed by atoms with van der Waals surface area (Å²) in [6, 6.07) is 7.24. The fourth-order valence-electron chi connectivity index (χ4n) is 3.20. The van der Waals surface area contributed by atoms with Gasteiger partial charge in [0.25, 0.3) is 0 Å². The van der Waals surface area contributed by atoms with Crippen LogP contribution < -0.4 is 10.1 Å². The fourth-order valence-corrected chi connectivity index (χ4v) is 3.20. The molecule has 8 heteroatoms. The maximum absolute atomic E-state index is 12.5. The van der Waals surface area contributed by atoms with Crippen LogP contribution in [0.4, 0.5) is 0 Å². The third-order valence-corrected chi connectivity index (χ3v) is 4.90. The molecule has 1 aromatic carbocycles. The minimum absolute atomic E-state index is 0.0735. The number of likely N-dealkylation sites (tertiary alicyclic amines) is 1. The smallest absolute Gasteiger partial charge is 0.244 e. The van der Waals surface area contributed by atoms with Crippen LogP contribution >= 0.6 is 0 Å². The summed E-state index contributed by atoms with van der Waals surface area (Å²) in [6.07, 6.45) is 4.80. The molecule has 0 spiro atoms. The van der Waals surface area contributed by atoms with E-state index in [0.717, 1.165) is 24.2 Å². The van der Waals surface area contributed by atoms with Gasteiger partial charge in [0.2, 0.25) is 11.8 Å². The molecule has 144 valence electrons. The SMILES string of the molecule is COc1cccc(CC(=O)N2CCC(NC(=O)C(C)n3cncn3)CC2)c1. The van der Waals surface area contributed by atoms with E-state index < -0.39 is 6.04 Å². The van der Waals surface area contributed by atoms with Gasteiger partial charge in [-0.2, -0.15) is 5.10 Å². The Kier molecular flexibility index (Phi) is 6.05. The van der Waals surface area contributed by atoms with Gasteiger partial charge in [-0.3, -0.25) is 9.59 Å². The van der Waals surface area contributed by atoms with E-state index in [2.05, 4.69) is 15.4 Å². The van der Waals surface area contributed by atoms with Gasteiger partial charge in [0.05, 0.1) is 13.5 Å². The van der Waals surface area contributed by atoms with Gasteiger partial charge in [0, 0.05) is 19.1 Å². The van der Waals surface area contributed by atoms with Gasteiger partial charge >= 0.3 is 0 Å². The van der Waals surface area contributed by atoms with E-state index in [1.807, 2.05) is 29.2 Å². The highest BCUT2D eigenvalue weighted by Gasteiger charge is 2.25. The third-order valence-electron chi connectivity index (χ3n) is 4.90. The van der Waals surface area contributed by atoms with Crippen LogP contribution in [-0.2, 0) is 16.0 Å². The quantitative estimate of drug-likeness (QED) is 0.824. The highest BCUT2D eigenvalue weighted by molar-refractivity contribution is 5.80. The largest absolute Gasteiger partial charge is 0.497 e. The molecule has 3 rings (SSSR count). The number of hydrogen-bond acceptors (Lipinski definition) is 5. The van der Waals surface area contributed by atoms with E-state index in [9.17, 15) is 9.59 Å². The zero-order valence-corrected chi connectivity index (χ0v) is 15.7. The number of ether oxygens (including phenoxy) is 1. The van der Waals surface area contributed by atoms with E-state index in [0.29, 0.717) is 19.5 Å². The van der Waals surface area contributed by atoms with Crippen molar-refractivity contribution in [1.82, 2.24) is 25.0 Å². The van der Waals surface area contributed by atoms with Crippen molar-refractivity contribution in [3.8, 4) is 5.75 Å². The molecule has 1 aliphatic heterocycles. The van der Waals surface area contributed by atoms with Crippen molar-refractivity contribution in [2.75, 3.05) is 20.2 Å². The minimum Gasteiger partial charge on any atom is -0.497 e. The fraction of sp³-hybridized carbons (Fsp3) is 0.474. The second kappa shape index (κ2) is 8.66.